The van der Waals surface area contributed by atoms with Gasteiger partial charge in [0.05, 0.1) is 18.7 Å². The summed E-state index contributed by atoms with van der Waals surface area (Å²) >= 11 is 12.5. The lowest BCUT2D eigenvalue weighted by molar-refractivity contribution is 0.0856. The molecule has 34 heavy (non-hydrogen) atoms. The summed E-state index contributed by atoms with van der Waals surface area (Å²) in [5.41, 5.74) is 4.46. The van der Waals surface area contributed by atoms with E-state index in [9.17, 15) is 4.79 Å². The fraction of sp³-hybridized carbons (Fsp3) is 0.308. The predicted octanol–water partition coefficient (Wildman–Crippen LogP) is 5.72. The van der Waals surface area contributed by atoms with Gasteiger partial charge in [-0.3, -0.25) is 9.89 Å². The van der Waals surface area contributed by atoms with Crippen molar-refractivity contribution in [2.75, 3.05) is 20.7 Å². The van der Waals surface area contributed by atoms with Crippen molar-refractivity contribution in [1.29, 1.82) is 0 Å². The Morgan fingerprint density at radius 2 is 2.09 bits per heavy atom. The fourth-order valence-corrected chi connectivity index (χ4v) is 4.88. The number of likely N-dealkylation sites (N-methyl/N-ethyl adjacent to an activating group) is 1. The Hall–Kier alpha value is -2.80. The zero-order valence-corrected chi connectivity index (χ0v) is 20.8. The van der Waals surface area contributed by atoms with E-state index in [2.05, 4.69) is 46.7 Å². The minimum atomic E-state index is -0.265. The van der Waals surface area contributed by atoms with Crippen LogP contribution >= 0.6 is 23.2 Å². The number of ether oxygens (including phenoxy) is 1. The molecule has 0 radical (unpaired) electrons. The van der Waals surface area contributed by atoms with E-state index in [0.717, 1.165) is 39.9 Å². The summed E-state index contributed by atoms with van der Waals surface area (Å²) in [5.74, 6) is 0.623. The predicted molar refractivity (Wildman–Crippen MR) is 136 cm³/mol. The number of rotatable bonds is 6. The van der Waals surface area contributed by atoms with Crippen LogP contribution in [0.25, 0.3) is 22.0 Å². The van der Waals surface area contributed by atoms with Gasteiger partial charge < -0.3 is 14.2 Å². The molecule has 2 aromatic heterocycles. The maximum absolute atomic E-state index is 13.7. The first-order valence-corrected chi connectivity index (χ1v) is 12.0. The van der Waals surface area contributed by atoms with Gasteiger partial charge in [0, 0.05) is 45.8 Å². The minimum Gasteiger partial charge on any atom is -0.493 e. The van der Waals surface area contributed by atoms with Crippen molar-refractivity contribution in [3.05, 3.63) is 70.1 Å². The molecule has 0 spiro atoms. The summed E-state index contributed by atoms with van der Waals surface area (Å²) in [5, 5.41) is 8.89. The Labute approximate surface area is 208 Å². The molecule has 4 aromatic rings. The molecule has 0 saturated heterocycles. The first-order valence-electron chi connectivity index (χ1n) is 11.3. The molecule has 1 unspecified atom stereocenters. The number of H-pyrrole nitrogens is 1. The van der Waals surface area contributed by atoms with Gasteiger partial charge in [0.25, 0.3) is 0 Å². The second kappa shape index (κ2) is 9.10. The van der Waals surface area contributed by atoms with E-state index in [4.69, 9.17) is 27.9 Å². The van der Waals surface area contributed by atoms with Gasteiger partial charge in [-0.25, -0.2) is 0 Å². The maximum atomic E-state index is 13.7. The van der Waals surface area contributed by atoms with Crippen LogP contribution in [-0.4, -0.2) is 52.2 Å². The van der Waals surface area contributed by atoms with Crippen LogP contribution in [0.15, 0.2) is 48.8 Å². The highest BCUT2D eigenvalue weighted by Crippen LogP contribution is 2.35. The SMILES string of the molecule is C[C@H](Cn1cc(C(=O)C2COc3ccc(Cl)cc3C2)c2ccc(-c3cn[nH]c3Cl)cc21)N(C)C. The van der Waals surface area contributed by atoms with Crippen molar-refractivity contribution in [1.82, 2.24) is 19.7 Å². The summed E-state index contributed by atoms with van der Waals surface area (Å²) < 4.78 is 8.08. The molecule has 2 atom stereocenters. The number of aromatic amines is 1. The Morgan fingerprint density at radius 1 is 1.26 bits per heavy atom. The number of ketones is 1. The largest absolute Gasteiger partial charge is 0.493 e. The van der Waals surface area contributed by atoms with Crippen molar-refractivity contribution < 1.29 is 9.53 Å². The second-order valence-electron chi connectivity index (χ2n) is 9.17. The van der Waals surface area contributed by atoms with Crippen LogP contribution in [0, 0.1) is 5.92 Å². The first-order chi connectivity index (χ1) is 16.3. The highest BCUT2D eigenvalue weighted by molar-refractivity contribution is 6.32. The van der Waals surface area contributed by atoms with Gasteiger partial charge in [-0.15, -0.1) is 0 Å². The molecular weight excluding hydrogens is 471 g/mol. The van der Waals surface area contributed by atoms with Crippen molar-refractivity contribution in [3.8, 4) is 16.9 Å². The average molecular weight is 497 g/mol. The first kappa shape index (κ1) is 23.0. The molecule has 5 rings (SSSR count). The van der Waals surface area contributed by atoms with Crippen molar-refractivity contribution in [2.24, 2.45) is 5.92 Å². The third kappa shape index (κ3) is 4.22. The van der Waals surface area contributed by atoms with Crippen LogP contribution in [-0.2, 0) is 13.0 Å². The number of benzene rings is 2. The van der Waals surface area contributed by atoms with E-state index in [0.29, 0.717) is 28.8 Å². The number of hydrogen-bond acceptors (Lipinski definition) is 4. The number of halogens is 2. The number of carbonyl (C=O) groups excluding carboxylic acids is 1. The molecule has 1 aliphatic heterocycles. The number of nitrogens with zero attached hydrogens (tertiary/aromatic N) is 3. The van der Waals surface area contributed by atoms with Crippen molar-refractivity contribution >= 4 is 39.9 Å². The van der Waals surface area contributed by atoms with Crippen LogP contribution in [0.2, 0.25) is 10.2 Å². The number of aromatic nitrogens is 3. The summed E-state index contributed by atoms with van der Waals surface area (Å²) in [6.07, 6.45) is 4.31. The Balaban J connectivity index is 1.55. The Bertz CT molecular complexity index is 1370. The number of hydrogen-bond donors (Lipinski definition) is 1. The molecule has 8 heteroatoms. The normalized spacial score (nSPS) is 16.5. The molecular formula is C26H26Cl2N4O2. The van der Waals surface area contributed by atoms with Crippen LogP contribution in [0.5, 0.6) is 5.75 Å². The molecule has 0 aliphatic carbocycles. The monoisotopic (exact) mass is 496 g/mol. The molecule has 176 valence electrons. The van der Waals surface area contributed by atoms with E-state index >= 15 is 0 Å². The van der Waals surface area contributed by atoms with E-state index < -0.39 is 0 Å². The maximum Gasteiger partial charge on any atom is 0.171 e. The number of carbonyl (C=O) groups is 1. The van der Waals surface area contributed by atoms with Crippen LogP contribution in [0.3, 0.4) is 0 Å². The molecule has 3 heterocycles. The van der Waals surface area contributed by atoms with Gasteiger partial charge in [0.1, 0.15) is 10.9 Å². The quantitative estimate of drug-likeness (QED) is 0.346. The van der Waals surface area contributed by atoms with Gasteiger partial charge in [0.2, 0.25) is 0 Å². The lowest BCUT2D eigenvalue weighted by Crippen LogP contribution is -2.29. The third-order valence-electron chi connectivity index (χ3n) is 6.69. The van der Waals surface area contributed by atoms with Crippen LogP contribution in [0.4, 0.5) is 0 Å². The molecule has 2 aromatic carbocycles. The second-order valence-corrected chi connectivity index (χ2v) is 9.98. The van der Waals surface area contributed by atoms with Gasteiger partial charge in [0.15, 0.2) is 5.78 Å². The number of Topliss-reactive ketones (excluding diaryl/α,β-unsaturated/α-hetero) is 1. The zero-order chi connectivity index (χ0) is 24.0. The van der Waals surface area contributed by atoms with Crippen molar-refractivity contribution in [2.45, 2.75) is 25.9 Å². The molecule has 6 nitrogen and oxygen atoms in total. The number of fused-ring (bicyclic) bond motifs is 2. The molecule has 1 aliphatic rings. The molecule has 0 saturated carbocycles. The summed E-state index contributed by atoms with van der Waals surface area (Å²) in [4.78, 5) is 15.9. The topological polar surface area (TPSA) is 63.2 Å². The molecule has 0 amide bonds. The van der Waals surface area contributed by atoms with Gasteiger partial charge in [-0.1, -0.05) is 35.3 Å². The van der Waals surface area contributed by atoms with E-state index in [-0.39, 0.29) is 17.7 Å². The van der Waals surface area contributed by atoms with Gasteiger partial charge >= 0.3 is 0 Å². The standard InChI is InChI=1S/C26H26Cl2N4O2/c1-15(31(2)3)12-32-13-22(20-6-4-16(10-23(20)32)21-11-29-30-26(21)28)25(33)18-8-17-9-19(27)5-7-24(17)34-14-18/h4-7,9-11,13,15,18H,8,12,14H2,1-3H3,(H,29,30)/t15-,18?/m1/s1. The summed E-state index contributed by atoms with van der Waals surface area (Å²) in [6, 6.07) is 11.9. The highest BCUT2D eigenvalue weighted by atomic mass is 35.5. The lowest BCUT2D eigenvalue weighted by Gasteiger charge is -2.24. The average Bonchev–Trinajstić information content (AvgIpc) is 3.41. The minimum absolute atomic E-state index is 0.0842. The third-order valence-corrected chi connectivity index (χ3v) is 7.22. The lowest BCUT2D eigenvalue weighted by atomic mass is 9.89. The molecule has 1 N–H and O–H groups in total. The highest BCUT2D eigenvalue weighted by Gasteiger charge is 2.29. The molecule has 0 bridgehead atoms. The fourth-order valence-electron chi connectivity index (χ4n) is 4.48. The Morgan fingerprint density at radius 3 is 2.82 bits per heavy atom. The Kier molecular flexibility index (Phi) is 6.15. The van der Waals surface area contributed by atoms with E-state index in [1.807, 2.05) is 36.5 Å². The van der Waals surface area contributed by atoms with E-state index in [1.54, 1.807) is 6.20 Å². The van der Waals surface area contributed by atoms with Crippen molar-refractivity contribution in [3.63, 3.8) is 0 Å². The molecule has 0 fully saturated rings. The van der Waals surface area contributed by atoms with Crippen LogP contribution < -0.4 is 4.74 Å². The zero-order valence-electron chi connectivity index (χ0n) is 19.3. The van der Waals surface area contributed by atoms with Crippen LogP contribution in [0.1, 0.15) is 22.8 Å². The van der Waals surface area contributed by atoms with E-state index in [1.165, 1.54) is 0 Å². The smallest absolute Gasteiger partial charge is 0.171 e. The number of nitrogens with one attached hydrogen (secondary N) is 1. The van der Waals surface area contributed by atoms with Gasteiger partial charge in [-0.2, -0.15) is 5.10 Å². The van der Waals surface area contributed by atoms with Gasteiger partial charge in [-0.05, 0) is 62.8 Å². The summed E-state index contributed by atoms with van der Waals surface area (Å²) in [7, 11) is 4.11. The summed E-state index contributed by atoms with van der Waals surface area (Å²) in [6.45, 7) is 3.27.